The van der Waals surface area contributed by atoms with Crippen molar-refractivity contribution in [2.24, 2.45) is 5.73 Å². The molecular formula is C14H22N4O9S. The highest BCUT2D eigenvalue weighted by molar-refractivity contribution is 7.80. The molecule has 0 aromatic rings. The summed E-state index contributed by atoms with van der Waals surface area (Å²) in [5.74, 6) is -7.82. The largest absolute Gasteiger partial charge is 0.481 e. The third kappa shape index (κ3) is 9.18. The van der Waals surface area contributed by atoms with E-state index in [-0.39, 0.29) is 5.75 Å². The van der Waals surface area contributed by atoms with Gasteiger partial charge in [0.1, 0.15) is 18.1 Å². The molecule has 0 rings (SSSR count). The smallest absolute Gasteiger partial charge is 0.327 e. The number of nitrogens with two attached hydrogens (primary N) is 1. The van der Waals surface area contributed by atoms with E-state index in [2.05, 4.69) is 17.9 Å². The van der Waals surface area contributed by atoms with Gasteiger partial charge in [-0.25, -0.2) is 4.79 Å². The molecule has 0 aliphatic heterocycles. The van der Waals surface area contributed by atoms with E-state index in [0.717, 1.165) is 0 Å². The maximum atomic E-state index is 12.3. The van der Waals surface area contributed by atoms with E-state index in [1.165, 1.54) is 6.92 Å². The van der Waals surface area contributed by atoms with Gasteiger partial charge in [0.05, 0.1) is 18.9 Å². The van der Waals surface area contributed by atoms with Crippen LogP contribution in [0.25, 0.3) is 0 Å². The molecule has 13 nitrogen and oxygen atoms in total. The number of hydrogen-bond donors (Lipinski definition) is 8. The molecule has 3 amide bonds. The van der Waals surface area contributed by atoms with Gasteiger partial charge in [-0.2, -0.15) is 12.6 Å². The van der Waals surface area contributed by atoms with Gasteiger partial charge in [-0.1, -0.05) is 0 Å². The Balaban J connectivity index is 5.39. The molecule has 158 valence electrons. The summed E-state index contributed by atoms with van der Waals surface area (Å²) in [4.78, 5) is 68.9. The molecule has 0 heterocycles. The Morgan fingerprint density at radius 1 is 0.786 bits per heavy atom. The average Bonchev–Trinajstić information content (AvgIpc) is 2.56. The number of carboxylic acids is 3. The summed E-state index contributed by atoms with van der Waals surface area (Å²) in [7, 11) is 0. The highest BCUT2D eigenvalue weighted by Gasteiger charge is 2.31. The number of aliphatic carboxylic acids is 3. The Bertz CT molecular complexity index is 640. The third-order valence-corrected chi connectivity index (χ3v) is 3.60. The minimum Gasteiger partial charge on any atom is -0.481 e. The van der Waals surface area contributed by atoms with Crippen molar-refractivity contribution in [3.8, 4) is 0 Å². The molecule has 4 atom stereocenters. The lowest BCUT2D eigenvalue weighted by Gasteiger charge is -2.23. The number of amides is 3. The van der Waals surface area contributed by atoms with Crippen LogP contribution in [0.3, 0.4) is 0 Å². The zero-order valence-corrected chi connectivity index (χ0v) is 15.6. The van der Waals surface area contributed by atoms with Crippen LogP contribution in [-0.4, -0.2) is 80.9 Å². The monoisotopic (exact) mass is 422 g/mol. The summed E-state index contributed by atoms with van der Waals surface area (Å²) in [6.07, 6.45) is -1.78. The van der Waals surface area contributed by atoms with E-state index < -0.39 is 72.6 Å². The summed E-state index contributed by atoms with van der Waals surface area (Å²) >= 11 is 3.74. The van der Waals surface area contributed by atoms with Gasteiger partial charge >= 0.3 is 17.9 Å². The average molecular weight is 422 g/mol. The molecule has 0 bridgehead atoms. The standard InChI is InChI=1S/C14H22N4O9S/c1-5(15)11(23)16-6(2-9(19)20)12(24)17-7(3-10(21)22)13(25)18-8(4-28)14(26)27/h5-8,28H,2-4,15H2,1H3,(H,16,23)(H,17,24)(H,18,25)(H,19,20)(H,21,22)(H,26,27). The lowest BCUT2D eigenvalue weighted by Crippen LogP contribution is -2.57. The van der Waals surface area contributed by atoms with Crippen LogP contribution in [0.15, 0.2) is 0 Å². The molecule has 14 heteroatoms. The Morgan fingerprint density at radius 2 is 1.14 bits per heavy atom. The molecule has 0 aliphatic carbocycles. The fraction of sp³-hybridized carbons (Fsp3) is 0.571. The van der Waals surface area contributed by atoms with Gasteiger partial charge in [0, 0.05) is 5.75 Å². The van der Waals surface area contributed by atoms with Gasteiger partial charge in [0.25, 0.3) is 0 Å². The first kappa shape index (κ1) is 25.1. The van der Waals surface area contributed by atoms with Gasteiger partial charge in [0.2, 0.25) is 17.7 Å². The van der Waals surface area contributed by atoms with E-state index in [1.54, 1.807) is 0 Å². The van der Waals surface area contributed by atoms with Crippen LogP contribution in [-0.2, 0) is 28.8 Å². The summed E-state index contributed by atoms with van der Waals surface area (Å²) < 4.78 is 0. The molecule has 0 saturated heterocycles. The number of thiol groups is 1. The first-order chi connectivity index (χ1) is 12.9. The molecule has 8 N–H and O–H groups in total. The van der Waals surface area contributed by atoms with Crippen LogP contribution in [0.4, 0.5) is 0 Å². The number of carbonyl (C=O) groups excluding carboxylic acids is 3. The summed E-state index contributed by atoms with van der Waals surface area (Å²) in [6, 6.07) is -5.87. The number of carboxylic acid groups (broad SMARTS) is 3. The summed E-state index contributed by atoms with van der Waals surface area (Å²) in [6.45, 7) is 1.29. The Morgan fingerprint density at radius 3 is 1.43 bits per heavy atom. The highest BCUT2D eigenvalue weighted by Crippen LogP contribution is 2.01. The zero-order chi connectivity index (χ0) is 22.0. The first-order valence-electron chi connectivity index (χ1n) is 7.83. The van der Waals surface area contributed by atoms with Crippen molar-refractivity contribution in [1.82, 2.24) is 16.0 Å². The van der Waals surface area contributed by atoms with Crippen LogP contribution < -0.4 is 21.7 Å². The number of rotatable bonds is 12. The minimum absolute atomic E-state index is 0.305. The molecule has 28 heavy (non-hydrogen) atoms. The first-order valence-corrected chi connectivity index (χ1v) is 8.46. The highest BCUT2D eigenvalue weighted by atomic mass is 32.1. The molecule has 0 fully saturated rings. The van der Waals surface area contributed by atoms with Crippen LogP contribution in [0.5, 0.6) is 0 Å². The van der Waals surface area contributed by atoms with E-state index in [1.807, 2.05) is 10.6 Å². The zero-order valence-electron chi connectivity index (χ0n) is 14.7. The van der Waals surface area contributed by atoms with E-state index in [0.29, 0.717) is 0 Å². The van der Waals surface area contributed by atoms with Crippen molar-refractivity contribution in [3.05, 3.63) is 0 Å². The normalized spacial score (nSPS) is 14.7. The van der Waals surface area contributed by atoms with Crippen LogP contribution >= 0.6 is 12.6 Å². The predicted molar refractivity (Wildman–Crippen MR) is 95.4 cm³/mol. The van der Waals surface area contributed by atoms with Crippen molar-refractivity contribution in [3.63, 3.8) is 0 Å². The van der Waals surface area contributed by atoms with Gasteiger partial charge < -0.3 is 37.0 Å². The van der Waals surface area contributed by atoms with Gasteiger partial charge in [-0.05, 0) is 6.92 Å². The Labute approximate surface area is 164 Å². The van der Waals surface area contributed by atoms with E-state index >= 15 is 0 Å². The maximum Gasteiger partial charge on any atom is 0.327 e. The minimum atomic E-state index is -1.73. The molecule has 0 saturated carbocycles. The number of nitrogens with one attached hydrogen (secondary N) is 3. The quantitative estimate of drug-likeness (QED) is 0.147. The molecule has 0 aromatic carbocycles. The fourth-order valence-electron chi connectivity index (χ4n) is 1.80. The lowest BCUT2D eigenvalue weighted by atomic mass is 10.1. The van der Waals surface area contributed by atoms with Crippen LogP contribution in [0, 0.1) is 0 Å². The number of hydrogen-bond acceptors (Lipinski definition) is 8. The van der Waals surface area contributed by atoms with Crippen molar-refractivity contribution in [1.29, 1.82) is 0 Å². The second-order valence-corrected chi connectivity index (χ2v) is 6.05. The van der Waals surface area contributed by atoms with Crippen molar-refractivity contribution in [2.75, 3.05) is 5.75 Å². The number of carbonyl (C=O) groups is 6. The molecule has 0 aromatic heterocycles. The van der Waals surface area contributed by atoms with Gasteiger partial charge in [-0.3, -0.25) is 24.0 Å². The fourth-order valence-corrected chi connectivity index (χ4v) is 2.05. The van der Waals surface area contributed by atoms with Crippen molar-refractivity contribution >= 4 is 48.3 Å². The van der Waals surface area contributed by atoms with Crippen LogP contribution in [0.2, 0.25) is 0 Å². The second-order valence-electron chi connectivity index (χ2n) is 5.69. The second kappa shape index (κ2) is 11.8. The van der Waals surface area contributed by atoms with Gasteiger partial charge in [0.15, 0.2) is 0 Å². The summed E-state index contributed by atoms with van der Waals surface area (Å²) in [5, 5.41) is 32.8. The van der Waals surface area contributed by atoms with E-state index in [9.17, 15) is 28.8 Å². The third-order valence-electron chi connectivity index (χ3n) is 3.23. The molecule has 4 unspecified atom stereocenters. The van der Waals surface area contributed by atoms with Crippen LogP contribution in [0.1, 0.15) is 19.8 Å². The predicted octanol–water partition coefficient (Wildman–Crippen LogP) is -3.25. The maximum absolute atomic E-state index is 12.3. The van der Waals surface area contributed by atoms with Crippen molar-refractivity contribution in [2.45, 2.75) is 43.9 Å². The topological polar surface area (TPSA) is 225 Å². The molecule has 0 spiro atoms. The lowest BCUT2D eigenvalue weighted by molar-refractivity contribution is -0.144. The van der Waals surface area contributed by atoms with E-state index in [4.69, 9.17) is 21.1 Å². The van der Waals surface area contributed by atoms with Crippen molar-refractivity contribution < 1.29 is 44.1 Å². The molecular weight excluding hydrogens is 400 g/mol. The summed E-state index contributed by atoms with van der Waals surface area (Å²) in [5.41, 5.74) is 5.33. The SMILES string of the molecule is CC(N)C(=O)NC(CC(=O)O)C(=O)NC(CC(=O)O)C(=O)NC(CS)C(=O)O. The molecule has 0 radical (unpaired) electrons. The molecule has 0 aliphatic rings. The Kier molecular flexibility index (Phi) is 10.6. The van der Waals surface area contributed by atoms with Gasteiger partial charge in [-0.15, -0.1) is 0 Å². The Hall–Kier alpha value is -2.87.